The van der Waals surface area contributed by atoms with Crippen LogP contribution in [0.25, 0.3) is 17.0 Å². The number of nitrogens with one attached hydrogen (secondary N) is 2. The van der Waals surface area contributed by atoms with E-state index >= 15 is 0 Å². The molecule has 2 N–H and O–H groups in total. The lowest BCUT2D eigenvalue weighted by atomic mass is 10.1. The van der Waals surface area contributed by atoms with Gasteiger partial charge in [0, 0.05) is 11.5 Å². The Bertz CT molecular complexity index is 1110. The van der Waals surface area contributed by atoms with Gasteiger partial charge in [-0.15, -0.1) is 0 Å². The third-order valence-electron chi connectivity index (χ3n) is 5.31. The van der Waals surface area contributed by atoms with Crippen molar-refractivity contribution in [3.05, 3.63) is 53.4 Å². The van der Waals surface area contributed by atoms with Crippen LogP contribution in [0.5, 0.6) is 17.2 Å². The first kappa shape index (κ1) is 17.8. The molecule has 7 nitrogen and oxygen atoms in total. The van der Waals surface area contributed by atoms with E-state index in [2.05, 4.69) is 15.5 Å². The molecule has 0 unspecified atom stereocenters. The molecule has 3 aromatic rings. The number of ether oxygens (including phenoxy) is 3. The van der Waals surface area contributed by atoms with Crippen molar-refractivity contribution >= 4 is 22.8 Å². The number of fused-ring (bicyclic) bond motifs is 2. The molecule has 0 saturated carbocycles. The van der Waals surface area contributed by atoms with Gasteiger partial charge in [0.15, 0.2) is 17.3 Å². The summed E-state index contributed by atoms with van der Waals surface area (Å²) in [6, 6.07) is 11.2. The van der Waals surface area contributed by atoms with Crippen molar-refractivity contribution < 1.29 is 19.0 Å². The molecule has 1 aromatic heterocycles. The van der Waals surface area contributed by atoms with Crippen LogP contribution in [-0.4, -0.2) is 42.3 Å². The van der Waals surface area contributed by atoms with Crippen molar-refractivity contribution in [2.24, 2.45) is 0 Å². The first-order valence-electron chi connectivity index (χ1n) is 9.70. The van der Waals surface area contributed by atoms with Crippen LogP contribution in [0.3, 0.4) is 0 Å². The van der Waals surface area contributed by atoms with Crippen molar-refractivity contribution in [2.75, 3.05) is 20.2 Å². The van der Waals surface area contributed by atoms with Crippen LogP contribution in [0, 0.1) is 0 Å². The molecule has 0 spiro atoms. The molecular weight excluding hydrogens is 370 g/mol. The number of nitrogens with zero attached hydrogens (tertiary/aromatic N) is 1. The molecule has 2 aromatic carbocycles. The highest BCUT2D eigenvalue weighted by Gasteiger charge is 2.34. The van der Waals surface area contributed by atoms with Gasteiger partial charge in [-0.1, -0.05) is 18.2 Å². The minimum atomic E-state index is -0.190. The molecule has 148 valence electrons. The smallest absolute Gasteiger partial charge is 0.232 e. The minimum absolute atomic E-state index is 0.0543. The fourth-order valence-electron chi connectivity index (χ4n) is 3.78. The fraction of sp³-hybridized carbons (Fsp3) is 0.273. The zero-order valence-corrected chi connectivity index (χ0v) is 16.0. The Morgan fingerprint density at radius 1 is 1.17 bits per heavy atom. The van der Waals surface area contributed by atoms with Gasteiger partial charge in [-0.3, -0.25) is 9.89 Å². The number of carbonyl (C=O) groups excluding carboxylic acids is 1. The second-order valence-corrected chi connectivity index (χ2v) is 7.14. The molecule has 2 aliphatic heterocycles. The summed E-state index contributed by atoms with van der Waals surface area (Å²) in [6.07, 6.45) is 3.51. The topological polar surface area (TPSA) is 85.5 Å². The summed E-state index contributed by atoms with van der Waals surface area (Å²) in [7, 11) is 1.58. The van der Waals surface area contributed by atoms with Crippen molar-refractivity contribution in [3.8, 4) is 17.2 Å². The number of hydrogen-bond donors (Lipinski definition) is 2. The highest BCUT2D eigenvalue weighted by molar-refractivity contribution is 6.15. The van der Waals surface area contributed by atoms with E-state index in [1.807, 2.05) is 24.3 Å². The Hall–Kier alpha value is -3.32. The summed E-state index contributed by atoms with van der Waals surface area (Å²) in [5.41, 5.74) is 2.03. The van der Waals surface area contributed by atoms with Crippen LogP contribution in [0.1, 0.15) is 28.9 Å². The molecule has 0 bridgehead atoms. The number of hydrogen-bond acceptors (Lipinski definition) is 6. The lowest BCUT2D eigenvalue weighted by Gasteiger charge is -2.25. The van der Waals surface area contributed by atoms with Gasteiger partial charge < -0.3 is 19.5 Å². The molecule has 0 amide bonds. The summed E-state index contributed by atoms with van der Waals surface area (Å²) >= 11 is 0. The molecule has 1 fully saturated rings. The zero-order chi connectivity index (χ0) is 19.8. The first-order valence-corrected chi connectivity index (χ1v) is 9.70. The van der Waals surface area contributed by atoms with Crippen molar-refractivity contribution in [1.82, 2.24) is 15.5 Å². The molecule has 0 aliphatic carbocycles. The van der Waals surface area contributed by atoms with Crippen LogP contribution >= 0.6 is 0 Å². The minimum Gasteiger partial charge on any atom is -0.493 e. The lowest BCUT2D eigenvalue weighted by molar-refractivity contribution is 0.101. The predicted molar refractivity (Wildman–Crippen MR) is 109 cm³/mol. The number of piperidine rings is 1. The maximum atomic E-state index is 13.0. The second-order valence-electron chi connectivity index (χ2n) is 7.14. The van der Waals surface area contributed by atoms with Gasteiger partial charge in [0.2, 0.25) is 11.5 Å². The molecule has 29 heavy (non-hydrogen) atoms. The van der Waals surface area contributed by atoms with E-state index in [1.54, 1.807) is 25.3 Å². The van der Waals surface area contributed by atoms with Crippen LogP contribution in [0.4, 0.5) is 0 Å². The van der Waals surface area contributed by atoms with E-state index in [4.69, 9.17) is 14.2 Å². The predicted octanol–water partition coefficient (Wildman–Crippen LogP) is 3.32. The summed E-state index contributed by atoms with van der Waals surface area (Å²) in [5, 5.41) is 11.5. The fourth-order valence-corrected chi connectivity index (χ4v) is 3.78. The Morgan fingerprint density at radius 2 is 2.00 bits per heavy atom. The first-order chi connectivity index (χ1) is 14.2. The molecule has 0 atom stereocenters. The molecule has 2 aliphatic rings. The monoisotopic (exact) mass is 391 g/mol. The molecule has 5 rings (SSSR count). The molecule has 0 radical (unpaired) electrons. The van der Waals surface area contributed by atoms with Crippen molar-refractivity contribution in [1.29, 1.82) is 0 Å². The normalized spacial score (nSPS) is 18.1. The van der Waals surface area contributed by atoms with E-state index in [1.165, 1.54) is 0 Å². The number of ketones is 1. The standard InChI is InChI=1S/C22H21N3O4/c1-27-18-7-6-15-20(26)19(12-17-14-4-2-3-5-16(14)24-25-17)29-21(15)22(18)28-13-8-10-23-11-9-13/h2-7,12-13,23H,8-11H2,1H3,(H,24,25). The number of Topliss-reactive ketones (excluding diaryl/α,β-unsaturated/α-hetero) is 1. The average molecular weight is 391 g/mol. The Balaban J connectivity index is 1.52. The third-order valence-corrected chi connectivity index (χ3v) is 5.31. The quantitative estimate of drug-likeness (QED) is 0.664. The number of carbonyl (C=O) groups is 1. The Labute approximate surface area is 167 Å². The number of benzene rings is 2. The number of aromatic nitrogens is 2. The SMILES string of the molecule is COc1ccc2c(c1OC1CCNCC1)OC(=Cc1n[nH]c3ccccc13)C2=O. The van der Waals surface area contributed by atoms with Gasteiger partial charge in [0.05, 0.1) is 23.9 Å². The van der Waals surface area contributed by atoms with Crippen LogP contribution in [0.15, 0.2) is 42.2 Å². The summed E-state index contributed by atoms with van der Waals surface area (Å²) < 4.78 is 17.7. The number of H-pyrrole nitrogens is 1. The van der Waals surface area contributed by atoms with Crippen LogP contribution in [-0.2, 0) is 0 Å². The highest BCUT2D eigenvalue weighted by Crippen LogP contribution is 2.46. The summed E-state index contributed by atoms with van der Waals surface area (Å²) in [4.78, 5) is 13.0. The van der Waals surface area contributed by atoms with Crippen LogP contribution < -0.4 is 19.5 Å². The van der Waals surface area contributed by atoms with Gasteiger partial charge in [0.1, 0.15) is 6.10 Å². The number of para-hydroxylation sites is 1. The van der Waals surface area contributed by atoms with E-state index in [0.717, 1.165) is 36.8 Å². The maximum absolute atomic E-state index is 13.0. The zero-order valence-electron chi connectivity index (χ0n) is 16.0. The molecule has 7 heteroatoms. The Kier molecular flexibility index (Phi) is 4.44. The molecule has 3 heterocycles. The second kappa shape index (κ2) is 7.25. The van der Waals surface area contributed by atoms with Gasteiger partial charge in [-0.05, 0) is 44.1 Å². The molecular formula is C22H21N3O4. The van der Waals surface area contributed by atoms with Crippen molar-refractivity contribution in [2.45, 2.75) is 18.9 Å². The van der Waals surface area contributed by atoms with Gasteiger partial charge >= 0.3 is 0 Å². The van der Waals surface area contributed by atoms with Crippen molar-refractivity contribution in [3.63, 3.8) is 0 Å². The summed E-state index contributed by atoms with van der Waals surface area (Å²) in [6.45, 7) is 1.80. The lowest BCUT2D eigenvalue weighted by Crippen LogP contribution is -2.34. The summed E-state index contributed by atoms with van der Waals surface area (Å²) in [5.74, 6) is 1.49. The third kappa shape index (κ3) is 3.13. The van der Waals surface area contributed by atoms with Gasteiger partial charge in [0.25, 0.3) is 0 Å². The van der Waals surface area contributed by atoms with Crippen LogP contribution in [0.2, 0.25) is 0 Å². The van der Waals surface area contributed by atoms with E-state index in [0.29, 0.717) is 28.5 Å². The van der Waals surface area contributed by atoms with Gasteiger partial charge in [-0.25, -0.2) is 0 Å². The highest BCUT2D eigenvalue weighted by atomic mass is 16.6. The van der Waals surface area contributed by atoms with E-state index in [9.17, 15) is 4.79 Å². The molecule has 1 saturated heterocycles. The number of methoxy groups -OCH3 is 1. The number of aromatic amines is 1. The maximum Gasteiger partial charge on any atom is 0.232 e. The van der Waals surface area contributed by atoms with E-state index in [-0.39, 0.29) is 17.6 Å². The average Bonchev–Trinajstić information content (AvgIpc) is 3.31. The number of rotatable bonds is 4. The largest absolute Gasteiger partial charge is 0.493 e. The van der Waals surface area contributed by atoms with Gasteiger partial charge in [-0.2, -0.15) is 5.10 Å². The number of allylic oxidation sites excluding steroid dienone is 1. The van der Waals surface area contributed by atoms with E-state index < -0.39 is 0 Å². The Morgan fingerprint density at radius 3 is 2.83 bits per heavy atom.